The van der Waals surface area contributed by atoms with E-state index in [-0.39, 0.29) is 18.5 Å². The highest BCUT2D eigenvalue weighted by atomic mass is 16.5. The summed E-state index contributed by atoms with van der Waals surface area (Å²) >= 11 is 0. The largest absolute Gasteiger partial charge is 0.466 e. The summed E-state index contributed by atoms with van der Waals surface area (Å²) in [4.78, 5) is 24.6. The molecule has 2 unspecified atom stereocenters. The Hall–Kier alpha value is -1.92. The number of carbonyl (C=O) groups excluding carboxylic acids is 2. The molecule has 6 heteroatoms. The molecule has 0 saturated heterocycles. The third-order valence-electron chi connectivity index (χ3n) is 14.9. The van der Waals surface area contributed by atoms with E-state index in [1.54, 1.807) is 6.08 Å². The van der Waals surface area contributed by atoms with Gasteiger partial charge in [0.05, 0.1) is 25.4 Å². The SMILES string of the molecule is CCCCCCCCC/C=C\CCCCCCCCCC(=O)OCCCCCCCCC/C=C\CCCCCCCC(=O)NC(CO)C(O)/C=C/CCCCCCCCCCCCCCCCCCCCC. The molecular formula is C66H125NO5. The van der Waals surface area contributed by atoms with Crippen LogP contribution in [0.3, 0.4) is 0 Å². The number of amides is 1. The molecule has 1 amide bonds. The van der Waals surface area contributed by atoms with Crippen molar-refractivity contribution in [3.8, 4) is 0 Å². The standard InChI is InChI=1S/C66H125NO5/c1-3-5-7-9-11-13-15-17-19-21-23-24-25-26-30-34-38-42-46-50-54-58-64(69)63(62-68)67-65(70)59-55-51-47-43-39-35-31-28-29-33-37-41-45-49-53-57-61-72-66(71)60-56-52-48-44-40-36-32-27-22-20-18-16-14-12-10-8-6-4-2/h20,22,28,31,54,58,63-64,68-69H,3-19,21,23-27,29-30,32-53,55-57,59-62H2,1-2H3,(H,67,70)/b22-20-,31-28-,58-54+. The zero-order valence-electron chi connectivity index (χ0n) is 48.4. The Morgan fingerprint density at radius 2 is 0.653 bits per heavy atom. The van der Waals surface area contributed by atoms with Crippen LogP contribution >= 0.6 is 0 Å². The van der Waals surface area contributed by atoms with Crippen molar-refractivity contribution in [1.82, 2.24) is 5.32 Å². The number of esters is 1. The highest BCUT2D eigenvalue weighted by molar-refractivity contribution is 5.76. The molecule has 0 spiro atoms. The van der Waals surface area contributed by atoms with Crippen LogP contribution in [0.2, 0.25) is 0 Å². The van der Waals surface area contributed by atoms with Crippen LogP contribution in [0.25, 0.3) is 0 Å². The molecule has 0 aromatic heterocycles. The molecule has 0 aliphatic heterocycles. The Balaban J connectivity index is 3.48. The lowest BCUT2D eigenvalue weighted by Gasteiger charge is -2.20. The number of nitrogens with one attached hydrogen (secondary N) is 1. The Morgan fingerprint density at radius 1 is 0.375 bits per heavy atom. The van der Waals surface area contributed by atoms with Crippen LogP contribution in [0.5, 0.6) is 0 Å². The van der Waals surface area contributed by atoms with Gasteiger partial charge in [-0.3, -0.25) is 9.59 Å². The first-order valence-electron chi connectivity index (χ1n) is 32.3. The summed E-state index contributed by atoms with van der Waals surface area (Å²) in [6.45, 7) is 4.90. The van der Waals surface area contributed by atoms with E-state index in [2.05, 4.69) is 43.5 Å². The normalized spacial score (nSPS) is 12.8. The van der Waals surface area contributed by atoms with E-state index < -0.39 is 12.1 Å². The van der Waals surface area contributed by atoms with Crippen LogP contribution < -0.4 is 5.32 Å². The monoisotopic (exact) mass is 1010 g/mol. The van der Waals surface area contributed by atoms with Gasteiger partial charge in [0.2, 0.25) is 5.91 Å². The van der Waals surface area contributed by atoms with Gasteiger partial charge in [0, 0.05) is 12.8 Å². The van der Waals surface area contributed by atoms with Gasteiger partial charge in [-0.25, -0.2) is 0 Å². The average molecular weight is 1010 g/mol. The van der Waals surface area contributed by atoms with Crippen molar-refractivity contribution in [3.63, 3.8) is 0 Å². The first-order valence-corrected chi connectivity index (χ1v) is 32.3. The highest BCUT2D eigenvalue weighted by Gasteiger charge is 2.18. The number of carbonyl (C=O) groups is 2. The summed E-state index contributed by atoms with van der Waals surface area (Å²) < 4.78 is 5.49. The maximum atomic E-state index is 12.5. The number of unbranched alkanes of at least 4 members (excludes halogenated alkanes) is 45. The summed E-state index contributed by atoms with van der Waals surface area (Å²) in [7, 11) is 0. The smallest absolute Gasteiger partial charge is 0.305 e. The fourth-order valence-corrected chi connectivity index (χ4v) is 9.92. The summed E-state index contributed by atoms with van der Waals surface area (Å²) in [5, 5.41) is 23.2. The molecule has 0 heterocycles. The summed E-state index contributed by atoms with van der Waals surface area (Å²) in [5.74, 6) is -0.0888. The molecule has 0 aromatic rings. The second-order valence-electron chi connectivity index (χ2n) is 22.1. The van der Waals surface area contributed by atoms with Crippen molar-refractivity contribution in [2.24, 2.45) is 0 Å². The molecule has 424 valence electrons. The van der Waals surface area contributed by atoms with E-state index in [1.165, 1.54) is 257 Å². The average Bonchev–Trinajstić information content (AvgIpc) is 3.38. The van der Waals surface area contributed by atoms with Crippen LogP contribution in [-0.2, 0) is 14.3 Å². The van der Waals surface area contributed by atoms with Crippen LogP contribution in [0, 0.1) is 0 Å². The molecule has 0 aliphatic carbocycles. The van der Waals surface area contributed by atoms with Gasteiger partial charge in [0.15, 0.2) is 0 Å². The van der Waals surface area contributed by atoms with E-state index >= 15 is 0 Å². The maximum Gasteiger partial charge on any atom is 0.305 e. The third-order valence-corrected chi connectivity index (χ3v) is 14.9. The minimum Gasteiger partial charge on any atom is -0.466 e. The molecule has 0 fully saturated rings. The first kappa shape index (κ1) is 70.1. The number of hydrogen-bond donors (Lipinski definition) is 3. The molecule has 0 rings (SSSR count). The Bertz CT molecular complexity index is 1170. The van der Waals surface area contributed by atoms with Crippen molar-refractivity contribution in [2.45, 2.75) is 360 Å². The van der Waals surface area contributed by atoms with Gasteiger partial charge < -0.3 is 20.3 Å². The van der Waals surface area contributed by atoms with Crippen molar-refractivity contribution in [1.29, 1.82) is 0 Å². The molecule has 6 nitrogen and oxygen atoms in total. The Kier molecular flexibility index (Phi) is 60.0. The van der Waals surface area contributed by atoms with Crippen molar-refractivity contribution in [3.05, 3.63) is 36.5 Å². The predicted octanol–water partition coefficient (Wildman–Crippen LogP) is 20.4. The molecule has 2 atom stereocenters. The number of allylic oxidation sites excluding steroid dienone is 5. The number of aliphatic hydroxyl groups excluding tert-OH is 2. The zero-order valence-corrected chi connectivity index (χ0v) is 48.4. The molecular weight excluding hydrogens is 887 g/mol. The minimum atomic E-state index is -0.857. The Labute approximate surface area is 449 Å². The quantitative estimate of drug-likeness (QED) is 0.0320. The van der Waals surface area contributed by atoms with Crippen molar-refractivity contribution in [2.75, 3.05) is 13.2 Å². The minimum absolute atomic E-state index is 0.00632. The van der Waals surface area contributed by atoms with E-state index in [4.69, 9.17) is 4.74 Å². The summed E-state index contributed by atoms with van der Waals surface area (Å²) in [6, 6.07) is -0.642. The fourth-order valence-electron chi connectivity index (χ4n) is 9.92. The van der Waals surface area contributed by atoms with Gasteiger partial charge >= 0.3 is 5.97 Å². The van der Waals surface area contributed by atoms with Gasteiger partial charge in [-0.15, -0.1) is 0 Å². The van der Waals surface area contributed by atoms with Crippen molar-refractivity contribution < 1.29 is 24.5 Å². The molecule has 0 aromatic carbocycles. The van der Waals surface area contributed by atoms with Gasteiger partial charge in [0.1, 0.15) is 0 Å². The molecule has 0 bridgehead atoms. The van der Waals surface area contributed by atoms with E-state index in [1.807, 2.05) is 6.08 Å². The lowest BCUT2D eigenvalue weighted by atomic mass is 10.0. The number of rotatable bonds is 60. The van der Waals surface area contributed by atoms with Crippen LogP contribution in [0.1, 0.15) is 348 Å². The van der Waals surface area contributed by atoms with Gasteiger partial charge in [-0.05, 0) is 83.5 Å². The number of ether oxygens (including phenoxy) is 1. The number of aliphatic hydroxyl groups is 2. The second-order valence-corrected chi connectivity index (χ2v) is 22.1. The van der Waals surface area contributed by atoms with Crippen LogP contribution in [0.15, 0.2) is 36.5 Å². The predicted molar refractivity (Wildman–Crippen MR) is 315 cm³/mol. The first-order chi connectivity index (χ1) is 35.5. The maximum absolute atomic E-state index is 12.5. The van der Waals surface area contributed by atoms with Crippen molar-refractivity contribution >= 4 is 11.9 Å². The molecule has 0 saturated carbocycles. The third kappa shape index (κ3) is 57.4. The fraction of sp³-hybridized carbons (Fsp3) is 0.879. The van der Waals surface area contributed by atoms with Crippen LogP contribution in [-0.4, -0.2) is 47.4 Å². The molecule has 72 heavy (non-hydrogen) atoms. The zero-order chi connectivity index (χ0) is 52.2. The van der Waals surface area contributed by atoms with Crippen LogP contribution in [0.4, 0.5) is 0 Å². The number of hydrogen-bond acceptors (Lipinski definition) is 5. The second kappa shape index (κ2) is 61.6. The summed E-state index contributed by atoms with van der Waals surface area (Å²) in [5.41, 5.74) is 0. The topological polar surface area (TPSA) is 95.9 Å². The van der Waals surface area contributed by atoms with Gasteiger partial charge in [-0.2, -0.15) is 0 Å². The molecule has 0 radical (unpaired) electrons. The lowest BCUT2D eigenvalue weighted by Crippen LogP contribution is -2.45. The molecule has 3 N–H and O–H groups in total. The Morgan fingerprint density at radius 3 is 0.986 bits per heavy atom. The van der Waals surface area contributed by atoms with Gasteiger partial charge in [0.25, 0.3) is 0 Å². The highest BCUT2D eigenvalue weighted by Crippen LogP contribution is 2.17. The van der Waals surface area contributed by atoms with E-state index in [9.17, 15) is 19.8 Å². The molecule has 0 aliphatic rings. The van der Waals surface area contributed by atoms with Gasteiger partial charge in [-0.1, -0.05) is 288 Å². The van der Waals surface area contributed by atoms with E-state index in [0.717, 1.165) is 64.2 Å². The van der Waals surface area contributed by atoms with E-state index in [0.29, 0.717) is 19.4 Å². The lowest BCUT2D eigenvalue weighted by molar-refractivity contribution is -0.143. The summed E-state index contributed by atoms with van der Waals surface area (Å²) in [6.07, 6.45) is 77.6.